The SMILES string of the molecule is COc1ccc(CN(C)CC(=O)Nc2cccc(SC)c2)cc1F. The zero-order valence-corrected chi connectivity index (χ0v) is 14.8. The highest BCUT2D eigenvalue weighted by atomic mass is 32.2. The molecule has 0 aliphatic carbocycles. The Morgan fingerprint density at radius 3 is 2.75 bits per heavy atom. The minimum atomic E-state index is -0.401. The van der Waals surface area contributed by atoms with Gasteiger partial charge in [0, 0.05) is 17.1 Å². The van der Waals surface area contributed by atoms with Gasteiger partial charge < -0.3 is 10.1 Å². The number of amides is 1. The zero-order chi connectivity index (χ0) is 17.5. The smallest absolute Gasteiger partial charge is 0.238 e. The second-order valence-electron chi connectivity index (χ2n) is 5.42. The van der Waals surface area contributed by atoms with E-state index in [1.807, 2.05) is 42.5 Å². The summed E-state index contributed by atoms with van der Waals surface area (Å²) >= 11 is 1.62. The Labute approximate surface area is 146 Å². The maximum Gasteiger partial charge on any atom is 0.238 e. The minimum Gasteiger partial charge on any atom is -0.494 e. The molecule has 0 atom stereocenters. The summed E-state index contributed by atoms with van der Waals surface area (Å²) in [5.41, 5.74) is 1.56. The van der Waals surface area contributed by atoms with Crippen LogP contribution in [-0.4, -0.2) is 37.8 Å². The van der Waals surface area contributed by atoms with E-state index < -0.39 is 5.82 Å². The first-order valence-corrected chi connectivity index (χ1v) is 8.69. The standard InChI is InChI=1S/C18H21FN2O2S/c1-21(11-13-7-8-17(23-2)16(19)9-13)12-18(22)20-14-5-4-6-15(10-14)24-3/h4-10H,11-12H2,1-3H3,(H,20,22). The van der Waals surface area contributed by atoms with Crippen molar-refractivity contribution < 1.29 is 13.9 Å². The molecule has 0 bridgehead atoms. The molecule has 0 unspecified atom stereocenters. The molecule has 0 heterocycles. The second-order valence-corrected chi connectivity index (χ2v) is 6.30. The van der Waals surface area contributed by atoms with E-state index in [1.54, 1.807) is 23.9 Å². The van der Waals surface area contributed by atoms with Gasteiger partial charge in [0.15, 0.2) is 11.6 Å². The number of nitrogens with one attached hydrogen (secondary N) is 1. The van der Waals surface area contributed by atoms with E-state index in [1.165, 1.54) is 13.2 Å². The number of carbonyl (C=O) groups excluding carboxylic acids is 1. The Morgan fingerprint density at radius 1 is 1.29 bits per heavy atom. The summed E-state index contributed by atoms with van der Waals surface area (Å²) in [7, 11) is 3.25. The molecule has 1 N–H and O–H groups in total. The predicted molar refractivity (Wildman–Crippen MR) is 96.1 cm³/mol. The van der Waals surface area contributed by atoms with Crippen molar-refractivity contribution in [3.05, 3.63) is 53.8 Å². The van der Waals surface area contributed by atoms with Crippen LogP contribution < -0.4 is 10.1 Å². The number of anilines is 1. The van der Waals surface area contributed by atoms with E-state index in [2.05, 4.69) is 5.32 Å². The average Bonchev–Trinajstić information content (AvgIpc) is 2.55. The predicted octanol–water partition coefficient (Wildman–Crippen LogP) is 3.63. The Hall–Kier alpha value is -2.05. The maximum atomic E-state index is 13.7. The first-order valence-electron chi connectivity index (χ1n) is 7.46. The number of nitrogens with zero attached hydrogens (tertiary/aromatic N) is 1. The van der Waals surface area contributed by atoms with Crippen molar-refractivity contribution in [2.75, 3.05) is 32.3 Å². The molecule has 2 rings (SSSR count). The molecule has 4 nitrogen and oxygen atoms in total. The van der Waals surface area contributed by atoms with Gasteiger partial charge >= 0.3 is 0 Å². The van der Waals surface area contributed by atoms with Crippen LogP contribution in [0.25, 0.3) is 0 Å². The summed E-state index contributed by atoms with van der Waals surface area (Å²) in [5, 5.41) is 2.87. The molecule has 0 saturated carbocycles. The summed E-state index contributed by atoms with van der Waals surface area (Å²) in [5.74, 6) is -0.292. The number of ether oxygens (including phenoxy) is 1. The molecule has 128 valence electrons. The van der Waals surface area contributed by atoms with Gasteiger partial charge in [0.05, 0.1) is 13.7 Å². The van der Waals surface area contributed by atoms with Crippen molar-refractivity contribution in [1.82, 2.24) is 4.90 Å². The van der Waals surface area contributed by atoms with Gasteiger partial charge in [-0.15, -0.1) is 11.8 Å². The molecule has 1 amide bonds. The molecule has 2 aromatic rings. The van der Waals surface area contributed by atoms with Gasteiger partial charge in [-0.05, 0) is 49.2 Å². The van der Waals surface area contributed by atoms with E-state index in [0.717, 1.165) is 16.1 Å². The van der Waals surface area contributed by atoms with E-state index in [-0.39, 0.29) is 18.2 Å². The van der Waals surface area contributed by atoms with Crippen LogP contribution in [0, 0.1) is 5.82 Å². The molecular formula is C18H21FN2O2S. The number of carbonyl (C=O) groups is 1. The fourth-order valence-corrected chi connectivity index (χ4v) is 2.78. The van der Waals surface area contributed by atoms with Crippen LogP contribution in [-0.2, 0) is 11.3 Å². The number of likely N-dealkylation sites (N-methyl/N-ethyl adjacent to an activating group) is 1. The molecule has 0 radical (unpaired) electrons. The lowest BCUT2D eigenvalue weighted by Crippen LogP contribution is -2.29. The molecule has 0 aromatic heterocycles. The highest BCUT2D eigenvalue weighted by molar-refractivity contribution is 7.98. The largest absolute Gasteiger partial charge is 0.494 e. The summed E-state index contributed by atoms with van der Waals surface area (Å²) in [6.45, 7) is 0.691. The van der Waals surface area contributed by atoms with Crippen molar-refractivity contribution in [3.63, 3.8) is 0 Å². The van der Waals surface area contributed by atoms with Crippen LogP contribution in [0.3, 0.4) is 0 Å². The Morgan fingerprint density at radius 2 is 2.08 bits per heavy atom. The molecule has 0 aliphatic heterocycles. The van der Waals surface area contributed by atoms with Crippen LogP contribution in [0.15, 0.2) is 47.4 Å². The summed E-state index contributed by atoms with van der Waals surface area (Å²) < 4.78 is 18.6. The number of rotatable bonds is 7. The lowest BCUT2D eigenvalue weighted by molar-refractivity contribution is -0.117. The number of hydrogen-bond donors (Lipinski definition) is 1. The molecule has 0 spiro atoms. The lowest BCUT2D eigenvalue weighted by Gasteiger charge is -2.17. The average molecular weight is 348 g/mol. The molecule has 24 heavy (non-hydrogen) atoms. The van der Waals surface area contributed by atoms with E-state index in [9.17, 15) is 9.18 Å². The van der Waals surface area contributed by atoms with Gasteiger partial charge in [0.1, 0.15) is 0 Å². The van der Waals surface area contributed by atoms with Crippen LogP contribution in [0.2, 0.25) is 0 Å². The number of halogens is 1. The van der Waals surface area contributed by atoms with Gasteiger partial charge in [-0.25, -0.2) is 4.39 Å². The van der Waals surface area contributed by atoms with E-state index in [0.29, 0.717) is 6.54 Å². The van der Waals surface area contributed by atoms with E-state index in [4.69, 9.17) is 4.74 Å². The minimum absolute atomic E-state index is 0.107. The first kappa shape index (κ1) is 18.3. The second kappa shape index (κ2) is 8.70. The maximum absolute atomic E-state index is 13.7. The first-order chi connectivity index (χ1) is 11.5. The molecule has 0 saturated heterocycles. The molecule has 6 heteroatoms. The Balaban J connectivity index is 1.90. The molecular weight excluding hydrogens is 327 g/mol. The number of thioether (sulfide) groups is 1. The third-order valence-corrected chi connectivity index (χ3v) is 4.16. The van der Waals surface area contributed by atoms with Gasteiger partial charge in [-0.1, -0.05) is 12.1 Å². The third kappa shape index (κ3) is 5.25. The highest BCUT2D eigenvalue weighted by Gasteiger charge is 2.10. The van der Waals surface area contributed by atoms with Crippen LogP contribution in [0.5, 0.6) is 5.75 Å². The highest BCUT2D eigenvalue weighted by Crippen LogP contribution is 2.20. The quantitative estimate of drug-likeness (QED) is 0.776. The zero-order valence-electron chi connectivity index (χ0n) is 14.0. The lowest BCUT2D eigenvalue weighted by atomic mass is 10.2. The van der Waals surface area contributed by atoms with Crippen molar-refractivity contribution in [1.29, 1.82) is 0 Å². The number of benzene rings is 2. The fraction of sp³-hybridized carbons (Fsp3) is 0.278. The molecule has 0 fully saturated rings. The van der Waals surface area contributed by atoms with Gasteiger partial charge in [-0.3, -0.25) is 9.69 Å². The van der Waals surface area contributed by atoms with Crippen LogP contribution in [0.1, 0.15) is 5.56 Å². The van der Waals surface area contributed by atoms with Crippen molar-refractivity contribution >= 4 is 23.4 Å². The van der Waals surface area contributed by atoms with E-state index >= 15 is 0 Å². The number of hydrogen-bond acceptors (Lipinski definition) is 4. The molecule has 2 aromatic carbocycles. The van der Waals surface area contributed by atoms with Crippen molar-refractivity contribution in [2.45, 2.75) is 11.4 Å². The normalized spacial score (nSPS) is 10.7. The summed E-state index contributed by atoms with van der Waals surface area (Å²) in [6.07, 6.45) is 1.99. The van der Waals surface area contributed by atoms with Gasteiger partial charge in [-0.2, -0.15) is 0 Å². The molecule has 0 aliphatic rings. The van der Waals surface area contributed by atoms with Crippen molar-refractivity contribution in [2.24, 2.45) is 0 Å². The Kier molecular flexibility index (Phi) is 6.63. The fourth-order valence-electron chi connectivity index (χ4n) is 2.32. The van der Waals surface area contributed by atoms with Gasteiger partial charge in [0.2, 0.25) is 5.91 Å². The van der Waals surface area contributed by atoms with Gasteiger partial charge in [0.25, 0.3) is 0 Å². The third-order valence-electron chi connectivity index (χ3n) is 3.44. The summed E-state index contributed by atoms with van der Waals surface area (Å²) in [6, 6.07) is 12.5. The van der Waals surface area contributed by atoms with Crippen molar-refractivity contribution in [3.8, 4) is 5.75 Å². The number of methoxy groups -OCH3 is 1. The topological polar surface area (TPSA) is 41.6 Å². The summed E-state index contributed by atoms with van der Waals surface area (Å²) in [4.78, 5) is 15.0. The monoisotopic (exact) mass is 348 g/mol. The van der Waals surface area contributed by atoms with Crippen LogP contribution >= 0.6 is 11.8 Å². The van der Waals surface area contributed by atoms with Crippen LogP contribution in [0.4, 0.5) is 10.1 Å². The Bertz CT molecular complexity index is 709.